The third-order valence-electron chi connectivity index (χ3n) is 2.59. The fraction of sp³-hybridized carbons (Fsp3) is 0.0714. The molecule has 92 valence electrons. The molecule has 0 fully saturated rings. The van der Waals surface area contributed by atoms with Crippen LogP contribution in [-0.2, 0) is 0 Å². The lowest BCUT2D eigenvalue weighted by Crippen LogP contribution is -2.12. The number of carbonyl (C=O) groups is 1. The Labute approximate surface area is 114 Å². The van der Waals surface area contributed by atoms with Crippen molar-refractivity contribution in [3.05, 3.63) is 58.1 Å². The third kappa shape index (κ3) is 2.71. The lowest BCUT2D eigenvalue weighted by atomic mass is 10.1. The number of phenolic OH excluding ortho intramolecular Hbond substituents is 1. The number of benzene rings is 2. The molecule has 0 aromatic heterocycles. The van der Waals surface area contributed by atoms with Gasteiger partial charge in [-0.1, -0.05) is 18.2 Å². The molecule has 0 aliphatic rings. The average molecular weight is 306 g/mol. The predicted molar refractivity (Wildman–Crippen MR) is 74.9 cm³/mol. The number of aryl methyl sites for hydroxylation is 1. The Morgan fingerprint density at radius 1 is 1.22 bits per heavy atom. The number of rotatable bonds is 2. The van der Waals surface area contributed by atoms with Crippen LogP contribution in [0.1, 0.15) is 15.9 Å². The van der Waals surface area contributed by atoms with Crippen molar-refractivity contribution in [3.63, 3.8) is 0 Å². The Bertz CT molecular complexity index is 596. The molecule has 1 amide bonds. The standard InChI is InChI=1S/C14H12BrNO2/c1-9-6-7-10(8-13(9)17)14(18)16-12-5-3-2-4-11(12)15/h2-8,17H,1H3,(H,16,18). The van der Waals surface area contributed by atoms with Crippen molar-refractivity contribution in [2.24, 2.45) is 0 Å². The molecule has 0 atom stereocenters. The minimum absolute atomic E-state index is 0.120. The van der Waals surface area contributed by atoms with Crippen LogP contribution < -0.4 is 5.32 Å². The predicted octanol–water partition coefficient (Wildman–Crippen LogP) is 3.72. The van der Waals surface area contributed by atoms with Gasteiger partial charge in [0.05, 0.1) is 5.69 Å². The maximum Gasteiger partial charge on any atom is 0.255 e. The van der Waals surface area contributed by atoms with E-state index in [9.17, 15) is 9.90 Å². The molecule has 0 unspecified atom stereocenters. The van der Waals surface area contributed by atoms with Crippen LogP contribution in [0.2, 0.25) is 0 Å². The second kappa shape index (κ2) is 5.23. The molecule has 2 aromatic carbocycles. The number of amides is 1. The maximum atomic E-state index is 12.0. The summed E-state index contributed by atoms with van der Waals surface area (Å²) in [5.74, 6) is -0.132. The van der Waals surface area contributed by atoms with Gasteiger partial charge in [-0.2, -0.15) is 0 Å². The summed E-state index contributed by atoms with van der Waals surface area (Å²) >= 11 is 3.36. The Hall–Kier alpha value is -1.81. The summed E-state index contributed by atoms with van der Waals surface area (Å²) < 4.78 is 0.815. The molecule has 0 radical (unpaired) electrons. The van der Waals surface area contributed by atoms with Gasteiger partial charge in [-0.25, -0.2) is 0 Å². The zero-order valence-corrected chi connectivity index (χ0v) is 11.4. The van der Waals surface area contributed by atoms with Gasteiger partial charge in [0.2, 0.25) is 0 Å². The first-order valence-corrected chi connectivity index (χ1v) is 6.23. The van der Waals surface area contributed by atoms with Crippen LogP contribution in [0, 0.1) is 6.92 Å². The van der Waals surface area contributed by atoms with Gasteiger partial charge in [-0.05, 0) is 52.7 Å². The van der Waals surface area contributed by atoms with Gasteiger partial charge >= 0.3 is 0 Å². The number of para-hydroxylation sites is 1. The lowest BCUT2D eigenvalue weighted by molar-refractivity contribution is 0.102. The van der Waals surface area contributed by atoms with Gasteiger partial charge in [0.25, 0.3) is 5.91 Å². The van der Waals surface area contributed by atoms with Gasteiger partial charge < -0.3 is 10.4 Å². The van der Waals surface area contributed by atoms with E-state index in [1.54, 1.807) is 25.1 Å². The SMILES string of the molecule is Cc1ccc(C(=O)Nc2ccccc2Br)cc1O. The Balaban J connectivity index is 2.22. The zero-order valence-electron chi connectivity index (χ0n) is 9.77. The van der Waals surface area contributed by atoms with E-state index in [-0.39, 0.29) is 11.7 Å². The van der Waals surface area contributed by atoms with Crippen molar-refractivity contribution in [1.82, 2.24) is 0 Å². The number of hydrogen-bond acceptors (Lipinski definition) is 2. The maximum absolute atomic E-state index is 12.0. The fourth-order valence-corrected chi connectivity index (χ4v) is 1.89. The molecular formula is C14H12BrNO2. The van der Waals surface area contributed by atoms with Crippen LogP contribution in [0.15, 0.2) is 46.9 Å². The summed E-state index contributed by atoms with van der Waals surface area (Å²) in [4.78, 5) is 12.0. The van der Waals surface area contributed by atoms with Crippen LogP contribution in [-0.4, -0.2) is 11.0 Å². The van der Waals surface area contributed by atoms with Crippen molar-refractivity contribution >= 4 is 27.5 Å². The molecule has 2 N–H and O–H groups in total. The monoisotopic (exact) mass is 305 g/mol. The quantitative estimate of drug-likeness (QED) is 0.888. The van der Waals surface area contributed by atoms with E-state index in [4.69, 9.17) is 0 Å². The first-order chi connectivity index (χ1) is 8.58. The molecule has 4 heteroatoms. The topological polar surface area (TPSA) is 49.3 Å². The van der Waals surface area contributed by atoms with E-state index < -0.39 is 0 Å². The zero-order chi connectivity index (χ0) is 13.1. The first kappa shape index (κ1) is 12.6. The van der Waals surface area contributed by atoms with Crippen LogP contribution in [0.3, 0.4) is 0 Å². The molecule has 3 nitrogen and oxygen atoms in total. The molecule has 0 saturated heterocycles. The minimum Gasteiger partial charge on any atom is -0.508 e. The molecule has 0 spiro atoms. The highest BCUT2D eigenvalue weighted by atomic mass is 79.9. The Morgan fingerprint density at radius 3 is 2.61 bits per heavy atom. The van der Waals surface area contributed by atoms with E-state index in [2.05, 4.69) is 21.2 Å². The van der Waals surface area contributed by atoms with Crippen LogP contribution in [0.4, 0.5) is 5.69 Å². The summed E-state index contributed by atoms with van der Waals surface area (Å²) in [5.41, 5.74) is 1.86. The fourth-order valence-electron chi connectivity index (χ4n) is 1.51. The number of anilines is 1. The molecule has 0 heterocycles. The summed E-state index contributed by atoms with van der Waals surface area (Å²) in [7, 11) is 0. The second-order valence-corrected chi connectivity index (χ2v) is 4.79. The number of aromatic hydroxyl groups is 1. The highest BCUT2D eigenvalue weighted by Gasteiger charge is 2.09. The molecule has 18 heavy (non-hydrogen) atoms. The van der Waals surface area contributed by atoms with Gasteiger partial charge in [0, 0.05) is 10.0 Å². The van der Waals surface area contributed by atoms with E-state index in [1.165, 1.54) is 6.07 Å². The highest BCUT2D eigenvalue weighted by molar-refractivity contribution is 9.10. The van der Waals surface area contributed by atoms with E-state index >= 15 is 0 Å². The van der Waals surface area contributed by atoms with E-state index in [0.29, 0.717) is 11.3 Å². The number of carbonyl (C=O) groups excluding carboxylic acids is 1. The van der Waals surface area contributed by atoms with Gasteiger partial charge in [-0.15, -0.1) is 0 Å². The molecule has 2 rings (SSSR count). The average Bonchev–Trinajstić information content (AvgIpc) is 2.35. The van der Waals surface area contributed by atoms with Crippen LogP contribution >= 0.6 is 15.9 Å². The van der Waals surface area contributed by atoms with Crippen molar-refractivity contribution < 1.29 is 9.90 Å². The van der Waals surface area contributed by atoms with Crippen molar-refractivity contribution in [2.75, 3.05) is 5.32 Å². The summed E-state index contributed by atoms with van der Waals surface area (Å²) in [6.45, 7) is 1.78. The first-order valence-electron chi connectivity index (χ1n) is 5.43. The summed E-state index contributed by atoms with van der Waals surface area (Å²) in [5, 5.41) is 12.4. The number of halogens is 1. The molecular weight excluding hydrogens is 294 g/mol. The number of phenols is 1. The van der Waals surface area contributed by atoms with E-state index in [0.717, 1.165) is 10.0 Å². The minimum atomic E-state index is -0.253. The van der Waals surface area contributed by atoms with Crippen molar-refractivity contribution in [3.8, 4) is 5.75 Å². The van der Waals surface area contributed by atoms with Crippen LogP contribution in [0.25, 0.3) is 0 Å². The Morgan fingerprint density at radius 2 is 1.94 bits per heavy atom. The summed E-state index contributed by atoms with van der Waals surface area (Å²) in [6, 6.07) is 12.2. The van der Waals surface area contributed by atoms with Crippen LogP contribution in [0.5, 0.6) is 5.75 Å². The van der Waals surface area contributed by atoms with Crippen molar-refractivity contribution in [1.29, 1.82) is 0 Å². The number of nitrogens with one attached hydrogen (secondary N) is 1. The highest BCUT2D eigenvalue weighted by Crippen LogP contribution is 2.23. The van der Waals surface area contributed by atoms with Gasteiger partial charge in [0.1, 0.15) is 5.75 Å². The third-order valence-corrected chi connectivity index (χ3v) is 3.28. The van der Waals surface area contributed by atoms with Gasteiger partial charge in [-0.3, -0.25) is 4.79 Å². The number of hydrogen-bond donors (Lipinski definition) is 2. The second-order valence-electron chi connectivity index (χ2n) is 3.94. The molecule has 0 saturated carbocycles. The normalized spacial score (nSPS) is 10.1. The Kier molecular flexibility index (Phi) is 3.67. The molecule has 0 aliphatic carbocycles. The van der Waals surface area contributed by atoms with E-state index in [1.807, 2.05) is 18.2 Å². The van der Waals surface area contributed by atoms with Crippen molar-refractivity contribution in [2.45, 2.75) is 6.92 Å². The molecule has 0 bridgehead atoms. The molecule has 0 aliphatic heterocycles. The van der Waals surface area contributed by atoms with Gasteiger partial charge in [0.15, 0.2) is 0 Å². The molecule has 2 aromatic rings. The smallest absolute Gasteiger partial charge is 0.255 e. The summed E-state index contributed by atoms with van der Waals surface area (Å²) in [6.07, 6.45) is 0. The largest absolute Gasteiger partial charge is 0.508 e. The lowest BCUT2D eigenvalue weighted by Gasteiger charge is -2.08.